The summed E-state index contributed by atoms with van der Waals surface area (Å²) in [7, 11) is 0. The van der Waals surface area contributed by atoms with Crippen molar-refractivity contribution >= 4 is 17.9 Å². The summed E-state index contributed by atoms with van der Waals surface area (Å²) >= 11 is 0. The molecule has 0 aromatic heterocycles. The standard InChI is InChI=1S/C69H134O6/c1-6-8-9-10-11-12-13-14-15-16-17-22-25-30-36-41-46-51-56-61-69(72)75-66(63-74-68(71)60-55-50-45-40-35-31-26-27-32-37-42-47-52-57-64(3)4)62-73-67(70)59-54-49-44-39-34-29-24-21-19-18-20-23-28-33-38-43-48-53-58-65(5)7-2/h64-66H,6-63H2,1-5H3/t65?,66-/m0/s1. The molecule has 6 nitrogen and oxygen atoms in total. The number of ether oxygens (including phenoxy) is 3. The average molecular weight is 1060 g/mol. The van der Waals surface area contributed by atoms with E-state index >= 15 is 0 Å². The lowest BCUT2D eigenvalue weighted by atomic mass is 9.99. The zero-order chi connectivity index (χ0) is 54.6. The van der Waals surface area contributed by atoms with E-state index in [0.29, 0.717) is 19.3 Å². The van der Waals surface area contributed by atoms with Crippen LogP contribution in [0.2, 0.25) is 0 Å². The predicted octanol–water partition coefficient (Wildman–Crippen LogP) is 23.2. The van der Waals surface area contributed by atoms with Gasteiger partial charge in [-0.05, 0) is 31.1 Å². The Bertz CT molecular complexity index is 1150. The van der Waals surface area contributed by atoms with Crippen molar-refractivity contribution in [2.75, 3.05) is 13.2 Å². The quantitative estimate of drug-likeness (QED) is 0.0343. The molecule has 446 valence electrons. The Labute approximate surface area is 469 Å². The second kappa shape index (κ2) is 61.6. The van der Waals surface area contributed by atoms with Crippen LogP contribution in [0.4, 0.5) is 0 Å². The van der Waals surface area contributed by atoms with Gasteiger partial charge in [-0.3, -0.25) is 14.4 Å². The van der Waals surface area contributed by atoms with Gasteiger partial charge in [-0.1, -0.05) is 356 Å². The first-order chi connectivity index (χ1) is 36.8. The molecule has 0 saturated carbocycles. The zero-order valence-electron chi connectivity index (χ0n) is 51.7. The fraction of sp³-hybridized carbons (Fsp3) is 0.957. The topological polar surface area (TPSA) is 78.9 Å². The van der Waals surface area contributed by atoms with Crippen molar-refractivity contribution in [1.29, 1.82) is 0 Å². The molecule has 0 radical (unpaired) electrons. The lowest BCUT2D eigenvalue weighted by Gasteiger charge is -2.18. The van der Waals surface area contributed by atoms with Crippen LogP contribution in [0.3, 0.4) is 0 Å². The van der Waals surface area contributed by atoms with E-state index in [1.54, 1.807) is 0 Å². The third-order valence-electron chi connectivity index (χ3n) is 16.3. The number of hydrogen-bond donors (Lipinski definition) is 0. The summed E-state index contributed by atoms with van der Waals surface area (Å²) in [6, 6.07) is 0. The summed E-state index contributed by atoms with van der Waals surface area (Å²) in [5, 5.41) is 0. The molecule has 0 bridgehead atoms. The van der Waals surface area contributed by atoms with E-state index in [4.69, 9.17) is 14.2 Å². The Kier molecular flexibility index (Phi) is 60.3. The predicted molar refractivity (Wildman–Crippen MR) is 326 cm³/mol. The monoisotopic (exact) mass is 1060 g/mol. The highest BCUT2D eigenvalue weighted by atomic mass is 16.6. The van der Waals surface area contributed by atoms with E-state index in [1.807, 2.05) is 0 Å². The van der Waals surface area contributed by atoms with Gasteiger partial charge < -0.3 is 14.2 Å². The third-order valence-corrected chi connectivity index (χ3v) is 16.3. The first-order valence-corrected chi connectivity index (χ1v) is 34.3. The minimum atomic E-state index is -0.764. The van der Waals surface area contributed by atoms with Gasteiger partial charge in [0.05, 0.1) is 0 Å². The third kappa shape index (κ3) is 61.5. The van der Waals surface area contributed by atoms with Gasteiger partial charge in [0.15, 0.2) is 6.10 Å². The molecule has 0 aromatic rings. The van der Waals surface area contributed by atoms with Crippen molar-refractivity contribution in [3.8, 4) is 0 Å². The molecule has 2 atom stereocenters. The second-order valence-corrected chi connectivity index (χ2v) is 24.5. The molecule has 0 aliphatic heterocycles. The molecule has 0 heterocycles. The van der Waals surface area contributed by atoms with Crippen molar-refractivity contribution in [3.63, 3.8) is 0 Å². The second-order valence-electron chi connectivity index (χ2n) is 24.5. The molecule has 0 N–H and O–H groups in total. The molecule has 6 heteroatoms. The normalized spacial score (nSPS) is 12.4. The molecule has 1 unspecified atom stereocenters. The van der Waals surface area contributed by atoms with E-state index in [0.717, 1.165) is 69.6 Å². The molecular weight excluding hydrogens is 925 g/mol. The minimum Gasteiger partial charge on any atom is -0.462 e. The van der Waals surface area contributed by atoms with Crippen LogP contribution in [0, 0.1) is 11.8 Å². The van der Waals surface area contributed by atoms with Crippen LogP contribution in [0.25, 0.3) is 0 Å². The fourth-order valence-corrected chi connectivity index (χ4v) is 10.8. The summed E-state index contributed by atoms with van der Waals surface area (Å²) in [6.07, 6.45) is 69.7. The van der Waals surface area contributed by atoms with Crippen LogP contribution in [0.1, 0.15) is 394 Å². The molecule has 0 aromatic carbocycles. The van der Waals surface area contributed by atoms with Gasteiger partial charge in [0.2, 0.25) is 0 Å². The highest BCUT2D eigenvalue weighted by molar-refractivity contribution is 5.71. The summed E-state index contributed by atoms with van der Waals surface area (Å²) < 4.78 is 17.0. The van der Waals surface area contributed by atoms with Crippen molar-refractivity contribution in [2.24, 2.45) is 11.8 Å². The van der Waals surface area contributed by atoms with Gasteiger partial charge in [-0.2, -0.15) is 0 Å². The van der Waals surface area contributed by atoms with E-state index in [2.05, 4.69) is 34.6 Å². The highest BCUT2D eigenvalue weighted by Crippen LogP contribution is 2.20. The maximum atomic E-state index is 12.9. The molecule has 0 amide bonds. The van der Waals surface area contributed by atoms with Crippen LogP contribution < -0.4 is 0 Å². The first kappa shape index (κ1) is 73.4. The number of rotatable bonds is 63. The molecule has 0 fully saturated rings. The summed E-state index contributed by atoms with van der Waals surface area (Å²) in [6.45, 7) is 11.5. The molecular formula is C69H134O6. The summed E-state index contributed by atoms with van der Waals surface area (Å²) in [5.41, 5.74) is 0. The molecule has 75 heavy (non-hydrogen) atoms. The van der Waals surface area contributed by atoms with Gasteiger partial charge in [-0.25, -0.2) is 0 Å². The number of carbonyl (C=O) groups is 3. The largest absolute Gasteiger partial charge is 0.462 e. The van der Waals surface area contributed by atoms with E-state index in [1.165, 1.54) is 283 Å². The highest BCUT2D eigenvalue weighted by Gasteiger charge is 2.20. The lowest BCUT2D eigenvalue weighted by molar-refractivity contribution is -0.167. The number of unbranched alkanes of at least 4 members (excludes halogenated alkanes) is 47. The molecule has 0 aliphatic rings. The van der Waals surface area contributed by atoms with Gasteiger partial charge in [0.1, 0.15) is 13.2 Å². The van der Waals surface area contributed by atoms with Gasteiger partial charge in [0.25, 0.3) is 0 Å². The maximum Gasteiger partial charge on any atom is 0.306 e. The van der Waals surface area contributed by atoms with Gasteiger partial charge in [-0.15, -0.1) is 0 Å². The molecule has 0 aliphatic carbocycles. The lowest BCUT2D eigenvalue weighted by Crippen LogP contribution is -2.30. The van der Waals surface area contributed by atoms with Crippen molar-refractivity contribution < 1.29 is 28.6 Å². The summed E-state index contributed by atoms with van der Waals surface area (Å²) in [5.74, 6) is 0.923. The SMILES string of the molecule is CCCCCCCCCCCCCCCCCCCCCC(=O)O[C@@H](COC(=O)CCCCCCCCCCCCCCCCCCCCC(C)CC)COC(=O)CCCCCCCCCCCCCCCC(C)C. The van der Waals surface area contributed by atoms with Crippen LogP contribution in [0.5, 0.6) is 0 Å². The average Bonchev–Trinajstić information content (AvgIpc) is 3.40. The fourth-order valence-electron chi connectivity index (χ4n) is 10.8. The maximum absolute atomic E-state index is 12.9. The Morgan fingerprint density at radius 2 is 0.507 bits per heavy atom. The Balaban J connectivity index is 4.26. The zero-order valence-corrected chi connectivity index (χ0v) is 51.7. The van der Waals surface area contributed by atoms with E-state index in [9.17, 15) is 14.4 Å². The van der Waals surface area contributed by atoms with Crippen molar-refractivity contribution in [1.82, 2.24) is 0 Å². The first-order valence-electron chi connectivity index (χ1n) is 34.3. The van der Waals surface area contributed by atoms with Crippen molar-refractivity contribution in [3.05, 3.63) is 0 Å². The van der Waals surface area contributed by atoms with Crippen LogP contribution in [-0.2, 0) is 28.6 Å². The smallest absolute Gasteiger partial charge is 0.306 e. The Morgan fingerprint density at radius 3 is 0.760 bits per heavy atom. The van der Waals surface area contributed by atoms with Gasteiger partial charge in [0, 0.05) is 19.3 Å². The molecule has 0 rings (SSSR count). The number of esters is 3. The Hall–Kier alpha value is -1.59. The summed E-state index contributed by atoms with van der Waals surface area (Å²) in [4.78, 5) is 38.4. The number of hydrogen-bond acceptors (Lipinski definition) is 6. The van der Waals surface area contributed by atoms with Crippen LogP contribution >= 0.6 is 0 Å². The van der Waals surface area contributed by atoms with E-state index in [-0.39, 0.29) is 31.1 Å². The number of carbonyl (C=O) groups excluding carboxylic acids is 3. The van der Waals surface area contributed by atoms with Gasteiger partial charge >= 0.3 is 17.9 Å². The molecule has 0 spiro atoms. The van der Waals surface area contributed by atoms with Crippen LogP contribution in [0.15, 0.2) is 0 Å². The molecule has 0 saturated heterocycles. The van der Waals surface area contributed by atoms with Crippen molar-refractivity contribution in [2.45, 2.75) is 400 Å². The van der Waals surface area contributed by atoms with E-state index < -0.39 is 6.10 Å². The Morgan fingerprint density at radius 1 is 0.280 bits per heavy atom. The van der Waals surface area contributed by atoms with Crippen LogP contribution in [-0.4, -0.2) is 37.2 Å². The minimum absolute atomic E-state index is 0.0614.